The van der Waals surface area contributed by atoms with Crippen molar-refractivity contribution in [1.29, 1.82) is 0 Å². The zero-order chi connectivity index (χ0) is 18.6. The second kappa shape index (κ2) is 8.09. The lowest BCUT2D eigenvalue weighted by atomic mass is 9.94. The van der Waals surface area contributed by atoms with Crippen molar-refractivity contribution in [3.63, 3.8) is 0 Å². The van der Waals surface area contributed by atoms with E-state index in [2.05, 4.69) is 46.9 Å². The lowest BCUT2D eigenvalue weighted by Gasteiger charge is -2.31. The van der Waals surface area contributed by atoms with Crippen LogP contribution >= 0.6 is 0 Å². The molecule has 0 radical (unpaired) electrons. The van der Waals surface area contributed by atoms with Crippen molar-refractivity contribution in [1.82, 2.24) is 10.2 Å². The van der Waals surface area contributed by atoms with Crippen LogP contribution in [0.5, 0.6) is 11.5 Å². The number of hydrogen-bond acceptors (Lipinski definition) is 4. The average Bonchev–Trinajstić information content (AvgIpc) is 2.98. The molecule has 0 atom stereocenters. The number of rotatable bonds is 8. The number of hydrogen-bond donors (Lipinski definition) is 1. The standard InChI is InChI=1S/C20H32N2O3/c1-14(2)11-22(12-15(3)4)19(23)10-21-20(5,6)16-7-8-17-18(9-16)25-13-24-17/h7-9,14-15,21H,10-13H2,1-6H3. The highest BCUT2D eigenvalue weighted by Crippen LogP contribution is 2.35. The number of amides is 1. The molecule has 1 amide bonds. The quantitative estimate of drug-likeness (QED) is 0.782. The van der Waals surface area contributed by atoms with E-state index >= 15 is 0 Å². The second-order valence-electron chi connectivity index (χ2n) is 8.13. The van der Waals surface area contributed by atoms with Crippen LogP contribution in [-0.4, -0.2) is 37.2 Å². The zero-order valence-electron chi connectivity index (χ0n) is 16.4. The summed E-state index contributed by atoms with van der Waals surface area (Å²) in [4.78, 5) is 14.7. The first-order valence-corrected chi connectivity index (χ1v) is 9.12. The Kier molecular flexibility index (Phi) is 6.33. The zero-order valence-corrected chi connectivity index (χ0v) is 16.4. The fraction of sp³-hybridized carbons (Fsp3) is 0.650. The maximum atomic E-state index is 12.7. The van der Waals surface area contributed by atoms with Crippen LogP contribution in [0, 0.1) is 11.8 Å². The molecule has 0 spiro atoms. The van der Waals surface area contributed by atoms with E-state index < -0.39 is 0 Å². The minimum atomic E-state index is -0.335. The van der Waals surface area contributed by atoms with Crippen LogP contribution in [0.25, 0.3) is 0 Å². The van der Waals surface area contributed by atoms with Gasteiger partial charge in [0, 0.05) is 18.6 Å². The number of carbonyl (C=O) groups excluding carboxylic acids is 1. The van der Waals surface area contributed by atoms with Crippen LogP contribution in [0.1, 0.15) is 47.1 Å². The summed E-state index contributed by atoms with van der Waals surface area (Å²) >= 11 is 0. The summed E-state index contributed by atoms with van der Waals surface area (Å²) in [5.41, 5.74) is 0.738. The molecular formula is C20H32N2O3. The molecule has 0 saturated carbocycles. The first kappa shape index (κ1) is 19.6. The topological polar surface area (TPSA) is 50.8 Å². The van der Waals surface area contributed by atoms with Crippen LogP contribution < -0.4 is 14.8 Å². The van der Waals surface area contributed by atoms with E-state index in [0.29, 0.717) is 18.4 Å². The van der Waals surface area contributed by atoms with Crippen molar-refractivity contribution in [2.45, 2.75) is 47.1 Å². The molecule has 0 saturated heterocycles. The van der Waals surface area contributed by atoms with Crippen molar-refractivity contribution >= 4 is 5.91 Å². The van der Waals surface area contributed by atoms with Gasteiger partial charge in [0.25, 0.3) is 0 Å². The van der Waals surface area contributed by atoms with Gasteiger partial charge in [0.15, 0.2) is 11.5 Å². The molecule has 1 aromatic carbocycles. The lowest BCUT2D eigenvalue weighted by molar-refractivity contribution is -0.131. The van der Waals surface area contributed by atoms with Gasteiger partial charge in [0.2, 0.25) is 12.7 Å². The van der Waals surface area contributed by atoms with E-state index in [1.165, 1.54) is 0 Å². The maximum Gasteiger partial charge on any atom is 0.236 e. The molecule has 1 aliphatic rings. The van der Waals surface area contributed by atoms with Crippen LogP contribution in [0.2, 0.25) is 0 Å². The van der Waals surface area contributed by atoms with E-state index in [4.69, 9.17) is 9.47 Å². The number of benzene rings is 1. The van der Waals surface area contributed by atoms with Gasteiger partial charge in [-0.3, -0.25) is 10.1 Å². The summed E-state index contributed by atoms with van der Waals surface area (Å²) in [5.74, 6) is 2.61. The molecule has 5 nitrogen and oxygen atoms in total. The highest BCUT2D eigenvalue weighted by atomic mass is 16.7. The fourth-order valence-corrected chi connectivity index (χ4v) is 2.96. The third kappa shape index (κ3) is 5.36. The first-order valence-electron chi connectivity index (χ1n) is 9.12. The van der Waals surface area contributed by atoms with Gasteiger partial charge in [-0.1, -0.05) is 33.8 Å². The molecule has 5 heteroatoms. The first-order chi connectivity index (χ1) is 11.7. The van der Waals surface area contributed by atoms with Gasteiger partial charge in [-0.25, -0.2) is 0 Å². The Morgan fingerprint density at radius 2 is 1.72 bits per heavy atom. The SMILES string of the molecule is CC(C)CN(CC(C)C)C(=O)CNC(C)(C)c1ccc2c(c1)OCO2. The van der Waals surface area contributed by atoms with Crippen molar-refractivity contribution < 1.29 is 14.3 Å². The Balaban J connectivity index is 2.00. The lowest BCUT2D eigenvalue weighted by Crippen LogP contribution is -2.46. The molecule has 0 bridgehead atoms. The summed E-state index contributed by atoms with van der Waals surface area (Å²) < 4.78 is 10.8. The van der Waals surface area contributed by atoms with Crippen molar-refractivity contribution in [2.75, 3.05) is 26.4 Å². The summed E-state index contributed by atoms with van der Waals surface area (Å²) in [6.07, 6.45) is 0. The molecular weight excluding hydrogens is 316 g/mol. The summed E-state index contributed by atoms with van der Waals surface area (Å²) in [6, 6.07) is 5.93. The van der Waals surface area contributed by atoms with E-state index in [-0.39, 0.29) is 18.2 Å². The van der Waals surface area contributed by atoms with Crippen molar-refractivity contribution in [3.05, 3.63) is 23.8 Å². The van der Waals surface area contributed by atoms with Gasteiger partial charge < -0.3 is 14.4 Å². The average molecular weight is 348 g/mol. The third-order valence-electron chi connectivity index (χ3n) is 4.30. The van der Waals surface area contributed by atoms with Crippen LogP contribution in [0.15, 0.2) is 18.2 Å². The Hall–Kier alpha value is -1.75. The minimum absolute atomic E-state index is 0.149. The van der Waals surface area contributed by atoms with Crippen molar-refractivity contribution in [3.8, 4) is 11.5 Å². The Morgan fingerprint density at radius 3 is 2.32 bits per heavy atom. The van der Waals surface area contributed by atoms with Gasteiger partial charge >= 0.3 is 0 Å². The van der Waals surface area contributed by atoms with Crippen molar-refractivity contribution in [2.24, 2.45) is 11.8 Å². The van der Waals surface area contributed by atoms with E-state index in [1.807, 2.05) is 23.1 Å². The molecule has 0 aliphatic carbocycles. The number of nitrogens with one attached hydrogen (secondary N) is 1. The molecule has 1 aliphatic heterocycles. The number of nitrogens with zero attached hydrogens (tertiary/aromatic N) is 1. The van der Waals surface area contributed by atoms with E-state index in [1.54, 1.807) is 0 Å². The molecule has 25 heavy (non-hydrogen) atoms. The number of carbonyl (C=O) groups is 1. The highest BCUT2D eigenvalue weighted by molar-refractivity contribution is 5.78. The maximum absolute atomic E-state index is 12.7. The summed E-state index contributed by atoms with van der Waals surface area (Å²) in [6.45, 7) is 14.9. The van der Waals surface area contributed by atoms with Gasteiger partial charge in [-0.05, 0) is 43.4 Å². The largest absolute Gasteiger partial charge is 0.454 e. The molecule has 1 heterocycles. The predicted octanol–water partition coefficient (Wildman–Crippen LogP) is 3.38. The smallest absolute Gasteiger partial charge is 0.236 e. The molecule has 0 unspecified atom stereocenters. The van der Waals surface area contributed by atoms with Gasteiger partial charge in [0.1, 0.15) is 0 Å². The fourth-order valence-electron chi connectivity index (χ4n) is 2.96. The molecule has 1 aromatic rings. The predicted molar refractivity (Wildman–Crippen MR) is 99.8 cm³/mol. The van der Waals surface area contributed by atoms with Crippen LogP contribution in [0.4, 0.5) is 0 Å². The molecule has 2 rings (SSSR count). The molecule has 0 aromatic heterocycles. The summed E-state index contributed by atoms with van der Waals surface area (Å²) in [7, 11) is 0. The highest BCUT2D eigenvalue weighted by Gasteiger charge is 2.25. The number of ether oxygens (including phenoxy) is 2. The van der Waals surface area contributed by atoms with Gasteiger partial charge in [0.05, 0.1) is 6.54 Å². The minimum Gasteiger partial charge on any atom is -0.454 e. The normalized spacial score (nSPS) is 13.6. The van der Waals surface area contributed by atoms with Gasteiger partial charge in [-0.2, -0.15) is 0 Å². The van der Waals surface area contributed by atoms with Crippen LogP contribution in [-0.2, 0) is 10.3 Å². The van der Waals surface area contributed by atoms with E-state index in [0.717, 1.165) is 30.2 Å². The van der Waals surface area contributed by atoms with E-state index in [9.17, 15) is 4.79 Å². The summed E-state index contributed by atoms with van der Waals surface area (Å²) in [5, 5.41) is 3.41. The molecule has 1 N–H and O–H groups in total. The van der Waals surface area contributed by atoms with Gasteiger partial charge in [-0.15, -0.1) is 0 Å². The molecule has 140 valence electrons. The Bertz CT molecular complexity index is 587. The number of fused-ring (bicyclic) bond motifs is 1. The Morgan fingerprint density at radius 1 is 1.12 bits per heavy atom. The van der Waals surface area contributed by atoms with Crippen LogP contribution in [0.3, 0.4) is 0 Å². The second-order valence-corrected chi connectivity index (χ2v) is 8.13. The third-order valence-corrected chi connectivity index (χ3v) is 4.30. The monoisotopic (exact) mass is 348 g/mol. The Labute approximate surface area is 151 Å². The molecule has 0 fully saturated rings.